The van der Waals surface area contributed by atoms with Crippen LogP contribution in [0.3, 0.4) is 0 Å². The number of nitrogens with zero attached hydrogens (tertiary/aromatic N) is 2. The topological polar surface area (TPSA) is 86.8 Å². The van der Waals surface area contributed by atoms with Crippen molar-refractivity contribution in [3.05, 3.63) is 64.7 Å². The van der Waals surface area contributed by atoms with Gasteiger partial charge in [-0.25, -0.2) is 8.42 Å². The second-order valence-corrected chi connectivity index (χ2v) is 11.4. The summed E-state index contributed by atoms with van der Waals surface area (Å²) in [6.07, 6.45) is 2.02. The summed E-state index contributed by atoms with van der Waals surface area (Å²) in [5.41, 5.74) is 2.53. The zero-order valence-electron chi connectivity index (χ0n) is 21.1. The number of amides is 2. The average Bonchev–Trinajstić information content (AvgIpc) is 2.77. The van der Waals surface area contributed by atoms with Crippen molar-refractivity contribution >= 4 is 39.1 Å². The SMILES string of the molecule is CCC(C(=O)NC(C)C)N(Cc1ccc(C)cc1)C(=O)CCCN(c1ccc(Cl)cc1)S(C)(=O)=O. The molecule has 0 heterocycles. The van der Waals surface area contributed by atoms with E-state index in [1.54, 1.807) is 29.2 Å². The molecule has 1 atom stereocenters. The Morgan fingerprint density at radius 1 is 1.03 bits per heavy atom. The first-order valence-corrected chi connectivity index (χ1v) is 14.0. The Morgan fingerprint density at radius 2 is 1.63 bits per heavy atom. The second kappa shape index (κ2) is 12.9. The minimum atomic E-state index is -3.55. The number of hydrogen-bond donors (Lipinski definition) is 1. The molecule has 7 nitrogen and oxygen atoms in total. The van der Waals surface area contributed by atoms with E-state index in [-0.39, 0.29) is 30.8 Å². The highest BCUT2D eigenvalue weighted by molar-refractivity contribution is 7.92. The van der Waals surface area contributed by atoms with Gasteiger partial charge in [-0.3, -0.25) is 13.9 Å². The summed E-state index contributed by atoms with van der Waals surface area (Å²) in [4.78, 5) is 27.9. The summed E-state index contributed by atoms with van der Waals surface area (Å²) >= 11 is 5.94. The minimum Gasteiger partial charge on any atom is -0.352 e. The Balaban J connectivity index is 2.20. The van der Waals surface area contributed by atoms with Gasteiger partial charge in [0.05, 0.1) is 11.9 Å². The predicted molar refractivity (Wildman–Crippen MR) is 142 cm³/mol. The van der Waals surface area contributed by atoms with Crippen LogP contribution in [-0.4, -0.2) is 50.0 Å². The van der Waals surface area contributed by atoms with Gasteiger partial charge in [-0.2, -0.15) is 0 Å². The molecule has 0 fully saturated rings. The number of anilines is 1. The lowest BCUT2D eigenvalue weighted by atomic mass is 10.1. The third-order valence-corrected chi connectivity index (χ3v) is 7.00. The van der Waals surface area contributed by atoms with E-state index >= 15 is 0 Å². The van der Waals surface area contributed by atoms with Gasteiger partial charge in [-0.05, 0) is 63.4 Å². The largest absolute Gasteiger partial charge is 0.352 e. The molecule has 2 rings (SSSR count). The van der Waals surface area contributed by atoms with Crippen LogP contribution in [0.15, 0.2) is 48.5 Å². The first kappa shape index (κ1) is 28.7. The number of rotatable bonds is 12. The standard InChI is InChI=1S/C26H36ClN3O4S/c1-6-24(26(32)28-19(2)3)29(18-21-11-9-20(4)10-12-21)25(31)8-7-17-30(35(5,33)34)23-15-13-22(27)14-16-23/h9-16,19,24H,6-8,17-18H2,1-5H3,(H,28,32). The van der Waals surface area contributed by atoms with Crippen LogP contribution in [0.5, 0.6) is 0 Å². The lowest BCUT2D eigenvalue weighted by molar-refractivity contribution is -0.141. The maximum absolute atomic E-state index is 13.4. The van der Waals surface area contributed by atoms with Crippen molar-refractivity contribution in [2.24, 2.45) is 0 Å². The van der Waals surface area contributed by atoms with Crippen LogP contribution < -0.4 is 9.62 Å². The fourth-order valence-corrected chi connectivity index (χ4v) is 4.89. The van der Waals surface area contributed by atoms with Gasteiger partial charge < -0.3 is 10.2 Å². The van der Waals surface area contributed by atoms with E-state index < -0.39 is 16.1 Å². The molecule has 192 valence electrons. The third kappa shape index (κ3) is 8.85. The smallest absolute Gasteiger partial charge is 0.243 e. The van der Waals surface area contributed by atoms with Crippen LogP contribution in [0.1, 0.15) is 51.2 Å². The van der Waals surface area contributed by atoms with Crippen molar-refractivity contribution in [1.82, 2.24) is 10.2 Å². The van der Waals surface area contributed by atoms with E-state index in [1.807, 2.05) is 52.0 Å². The van der Waals surface area contributed by atoms with E-state index in [0.29, 0.717) is 30.1 Å². The van der Waals surface area contributed by atoms with E-state index in [0.717, 1.165) is 17.4 Å². The van der Waals surface area contributed by atoms with Gasteiger partial charge in [-0.15, -0.1) is 0 Å². The molecule has 0 aromatic heterocycles. The lowest BCUT2D eigenvalue weighted by Gasteiger charge is -2.31. The van der Waals surface area contributed by atoms with Crippen molar-refractivity contribution in [1.29, 1.82) is 0 Å². The highest BCUT2D eigenvalue weighted by Crippen LogP contribution is 2.22. The molecule has 0 aliphatic rings. The summed E-state index contributed by atoms with van der Waals surface area (Å²) in [7, 11) is -3.55. The van der Waals surface area contributed by atoms with Crippen LogP contribution in [0.2, 0.25) is 5.02 Å². The van der Waals surface area contributed by atoms with E-state index in [2.05, 4.69) is 5.32 Å². The van der Waals surface area contributed by atoms with Gasteiger partial charge in [0.15, 0.2) is 0 Å². The molecule has 0 spiro atoms. The zero-order valence-corrected chi connectivity index (χ0v) is 22.7. The predicted octanol–water partition coefficient (Wildman–Crippen LogP) is 4.53. The third-order valence-electron chi connectivity index (χ3n) is 5.56. The van der Waals surface area contributed by atoms with Gasteiger partial charge in [0.25, 0.3) is 0 Å². The van der Waals surface area contributed by atoms with Crippen LogP contribution in [0.4, 0.5) is 5.69 Å². The summed E-state index contributed by atoms with van der Waals surface area (Å²) in [5.74, 6) is -0.386. The summed E-state index contributed by atoms with van der Waals surface area (Å²) in [6, 6.07) is 13.7. The first-order chi connectivity index (χ1) is 16.4. The number of carbonyl (C=O) groups excluding carboxylic acids is 2. The molecule has 2 aromatic rings. The van der Waals surface area contributed by atoms with Gasteiger partial charge in [0, 0.05) is 30.6 Å². The van der Waals surface area contributed by atoms with Gasteiger partial charge >= 0.3 is 0 Å². The monoisotopic (exact) mass is 521 g/mol. The maximum atomic E-state index is 13.4. The molecule has 1 unspecified atom stereocenters. The number of halogens is 1. The van der Waals surface area contributed by atoms with E-state index in [1.165, 1.54) is 4.31 Å². The summed E-state index contributed by atoms with van der Waals surface area (Å²) in [5, 5.41) is 3.42. The van der Waals surface area contributed by atoms with E-state index in [4.69, 9.17) is 11.6 Å². The second-order valence-electron chi connectivity index (χ2n) is 9.01. The number of carbonyl (C=O) groups is 2. The number of benzene rings is 2. The zero-order chi connectivity index (χ0) is 26.2. The normalized spacial score (nSPS) is 12.3. The molecule has 0 saturated heterocycles. The Bertz CT molecular complexity index is 1090. The molecular formula is C26H36ClN3O4S. The van der Waals surface area contributed by atoms with Crippen molar-refractivity contribution in [2.45, 2.75) is 65.6 Å². The van der Waals surface area contributed by atoms with Crippen LogP contribution in [0, 0.1) is 6.92 Å². The average molecular weight is 522 g/mol. The first-order valence-electron chi connectivity index (χ1n) is 11.8. The Hall–Kier alpha value is -2.58. The van der Waals surface area contributed by atoms with Crippen molar-refractivity contribution in [3.63, 3.8) is 0 Å². The number of sulfonamides is 1. The van der Waals surface area contributed by atoms with Crippen molar-refractivity contribution in [2.75, 3.05) is 17.1 Å². The molecule has 35 heavy (non-hydrogen) atoms. The molecular weight excluding hydrogens is 486 g/mol. The van der Waals surface area contributed by atoms with Gasteiger partial charge in [0.2, 0.25) is 21.8 Å². The van der Waals surface area contributed by atoms with Crippen molar-refractivity contribution < 1.29 is 18.0 Å². The minimum absolute atomic E-state index is 0.0458. The Morgan fingerprint density at radius 3 is 2.14 bits per heavy atom. The lowest BCUT2D eigenvalue weighted by Crippen LogP contribution is -2.50. The van der Waals surface area contributed by atoms with Crippen LogP contribution in [0.25, 0.3) is 0 Å². The number of aryl methyl sites for hydroxylation is 1. The van der Waals surface area contributed by atoms with Gasteiger partial charge in [-0.1, -0.05) is 48.4 Å². The molecule has 2 amide bonds. The molecule has 0 aliphatic carbocycles. The molecule has 0 aliphatic heterocycles. The highest BCUT2D eigenvalue weighted by Gasteiger charge is 2.29. The molecule has 0 bridgehead atoms. The Kier molecular flexibility index (Phi) is 10.6. The van der Waals surface area contributed by atoms with Gasteiger partial charge in [0.1, 0.15) is 6.04 Å². The summed E-state index contributed by atoms with van der Waals surface area (Å²) < 4.78 is 26.0. The van der Waals surface area contributed by atoms with Crippen molar-refractivity contribution in [3.8, 4) is 0 Å². The van der Waals surface area contributed by atoms with E-state index in [9.17, 15) is 18.0 Å². The molecule has 0 saturated carbocycles. The maximum Gasteiger partial charge on any atom is 0.243 e. The van der Waals surface area contributed by atoms with Crippen LogP contribution in [-0.2, 0) is 26.2 Å². The molecule has 9 heteroatoms. The fraction of sp³-hybridized carbons (Fsp3) is 0.462. The molecule has 0 radical (unpaired) electrons. The summed E-state index contributed by atoms with van der Waals surface area (Å²) in [6.45, 7) is 8.08. The number of hydrogen-bond acceptors (Lipinski definition) is 4. The molecule has 1 N–H and O–H groups in total. The highest BCUT2D eigenvalue weighted by atomic mass is 35.5. The molecule has 2 aromatic carbocycles. The Labute approximate surface area is 214 Å². The van der Waals surface area contributed by atoms with Crippen LogP contribution >= 0.6 is 11.6 Å². The quantitative estimate of drug-likeness (QED) is 0.444. The fourth-order valence-electron chi connectivity index (χ4n) is 3.80. The number of nitrogens with one attached hydrogen (secondary N) is 1.